The van der Waals surface area contributed by atoms with Crippen LogP contribution in [0.2, 0.25) is 5.02 Å². The number of carbonyl (C=O) groups excluding carboxylic acids is 2. The molecule has 0 spiro atoms. The van der Waals surface area contributed by atoms with Crippen molar-refractivity contribution < 1.29 is 19.1 Å². The Morgan fingerprint density at radius 2 is 1.85 bits per heavy atom. The second-order valence-electron chi connectivity index (χ2n) is 8.02. The van der Waals surface area contributed by atoms with Crippen molar-refractivity contribution in [1.82, 2.24) is 9.80 Å². The quantitative estimate of drug-likeness (QED) is 0.656. The van der Waals surface area contributed by atoms with E-state index in [2.05, 4.69) is 17.1 Å². The molecule has 2 aliphatic heterocycles. The Hall–Kier alpha value is -3.03. The first kappa shape index (κ1) is 23.1. The van der Waals surface area contributed by atoms with Crippen LogP contribution in [0.25, 0.3) is 6.08 Å². The molecule has 33 heavy (non-hydrogen) atoms. The third-order valence-corrected chi connectivity index (χ3v) is 6.04. The van der Waals surface area contributed by atoms with Gasteiger partial charge < -0.3 is 19.7 Å². The van der Waals surface area contributed by atoms with Crippen molar-refractivity contribution in [2.45, 2.75) is 13.3 Å². The largest absolute Gasteiger partial charge is 0.486 e. The van der Waals surface area contributed by atoms with Crippen LogP contribution < -0.4 is 14.8 Å². The Labute approximate surface area is 198 Å². The summed E-state index contributed by atoms with van der Waals surface area (Å²) in [7, 11) is 0. The summed E-state index contributed by atoms with van der Waals surface area (Å²) >= 11 is 6.26. The summed E-state index contributed by atoms with van der Waals surface area (Å²) in [6.07, 6.45) is 4.15. The fourth-order valence-corrected chi connectivity index (χ4v) is 4.24. The van der Waals surface area contributed by atoms with Gasteiger partial charge in [0.25, 0.3) is 0 Å². The standard InChI is InChI=1S/C25H28ClN3O4/c1-2-19-5-3-4-6-21(19)27-23(30)17-28-9-11-29(12-10-28)24(31)8-7-18-15-20(26)25-22(16-18)32-13-14-33-25/h3-8,15-16H,2,9-14,17H2,1H3,(H,27,30)/b8-7+. The van der Waals surface area contributed by atoms with E-state index in [1.54, 1.807) is 23.1 Å². The monoisotopic (exact) mass is 469 g/mol. The van der Waals surface area contributed by atoms with Crippen molar-refractivity contribution in [3.05, 3.63) is 58.6 Å². The Bertz CT molecular complexity index is 1050. The van der Waals surface area contributed by atoms with Gasteiger partial charge in [0.05, 0.1) is 11.6 Å². The molecule has 8 heteroatoms. The van der Waals surface area contributed by atoms with E-state index in [0.29, 0.717) is 62.5 Å². The Morgan fingerprint density at radius 1 is 1.09 bits per heavy atom. The maximum Gasteiger partial charge on any atom is 0.246 e. The SMILES string of the molecule is CCc1ccccc1NC(=O)CN1CCN(C(=O)/C=C/c2cc(Cl)c3c(c2)OCCO3)CC1. The number of nitrogens with one attached hydrogen (secondary N) is 1. The van der Waals surface area contributed by atoms with Gasteiger partial charge in [-0.3, -0.25) is 14.5 Å². The average Bonchev–Trinajstić information content (AvgIpc) is 2.83. The van der Waals surface area contributed by atoms with E-state index in [4.69, 9.17) is 21.1 Å². The van der Waals surface area contributed by atoms with Gasteiger partial charge in [0.1, 0.15) is 13.2 Å². The van der Waals surface area contributed by atoms with E-state index in [-0.39, 0.29) is 11.8 Å². The Morgan fingerprint density at radius 3 is 2.64 bits per heavy atom. The number of nitrogens with zero attached hydrogens (tertiary/aromatic N) is 2. The predicted molar refractivity (Wildman–Crippen MR) is 129 cm³/mol. The van der Waals surface area contributed by atoms with E-state index in [0.717, 1.165) is 23.2 Å². The molecular formula is C25H28ClN3O4. The summed E-state index contributed by atoms with van der Waals surface area (Å²) in [6, 6.07) is 11.4. The molecule has 2 aromatic rings. The van der Waals surface area contributed by atoms with Crippen LogP contribution in [0.15, 0.2) is 42.5 Å². The molecule has 1 N–H and O–H groups in total. The number of hydrogen-bond donors (Lipinski definition) is 1. The van der Waals surface area contributed by atoms with Crippen molar-refractivity contribution >= 4 is 35.2 Å². The van der Waals surface area contributed by atoms with Gasteiger partial charge in [0.2, 0.25) is 11.8 Å². The van der Waals surface area contributed by atoms with E-state index in [9.17, 15) is 9.59 Å². The lowest BCUT2D eigenvalue weighted by molar-refractivity contribution is -0.127. The number of fused-ring (bicyclic) bond motifs is 1. The van der Waals surface area contributed by atoms with Gasteiger partial charge in [-0.2, -0.15) is 0 Å². The summed E-state index contributed by atoms with van der Waals surface area (Å²) < 4.78 is 11.1. The molecule has 1 saturated heterocycles. The molecule has 7 nitrogen and oxygen atoms in total. The summed E-state index contributed by atoms with van der Waals surface area (Å²) in [4.78, 5) is 29.0. The number of benzene rings is 2. The van der Waals surface area contributed by atoms with Gasteiger partial charge in [-0.25, -0.2) is 0 Å². The minimum atomic E-state index is -0.0676. The van der Waals surface area contributed by atoms with Gasteiger partial charge in [0, 0.05) is 37.9 Å². The third kappa shape index (κ3) is 5.86. The van der Waals surface area contributed by atoms with E-state index in [1.165, 1.54) is 0 Å². The summed E-state index contributed by atoms with van der Waals surface area (Å²) in [5.74, 6) is 1.03. The highest BCUT2D eigenvalue weighted by atomic mass is 35.5. The number of aryl methyl sites for hydroxylation is 1. The van der Waals surface area contributed by atoms with E-state index < -0.39 is 0 Å². The molecule has 2 aliphatic rings. The number of amides is 2. The molecule has 0 atom stereocenters. The normalized spacial score (nSPS) is 16.1. The summed E-state index contributed by atoms with van der Waals surface area (Å²) in [5, 5.41) is 3.47. The molecule has 0 radical (unpaired) electrons. The topological polar surface area (TPSA) is 71.1 Å². The van der Waals surface area contributed by atoms with Crippen LogP contribution in [0.1, 0.15) is 18.1 Å². The highest BCUT2D eigenvalue weighted by molar-refractivity contribution is 6.32. The minimum Gasteiger partial charge on any atom is -0.486 e. The number of halogens is 1. The van der Waals surface area contributed by atoms with Crippen LogP contribution in [0.3, 0.4) is 0 Å². The van der Waals surface area contributed by atoms with Crippen molar-refractivity contribution in [3.8, 4) is 11.5 Å². The highest BCUT2D eigenvalue weighted by Gasteiger charge is 2.22. The Balaban J connectivity index is 1.27. The first-order valence-electron chi connectivity index (χ1n) is 11.2. The smallest absolute Gasteiger partial charge is 0.246 e. The van der Waals surface area contributed by atoms with Crippen LogP contribution in [0, 0.1) is 0 Å². The minimum absolute atomic E-state index is 0.0361. The zero-order valence-electron chi connectivity index (χ0n) is 18.7. The number of hydrogen-bond acceptors (Lipinski definition) is 5. The lowest BCUT2D eigenvalue weighted by atomic mass is 10.1. The second-order valence-corrected chi connectivity index (χ2v) is 8.43. The van der Waals surface area contributed by atoms with Crippen LogP contribution in [0.4, 0.5) is 5.69 Å². The maximum atomic E-state index is 12.6. The fraction of sp³-hybridized carbons (Fsp3) is 0.360. The molecule has 0 aromatic heterocycles. The van der Waals surface area contributed by atoms with Crippen LogP contribution in [-0.4, -0.2) is 67.6 Å². The molecule has 1 fully saturated rings. The molecule has 0 aliphatic carbocycles. The zero-order valence-corrected chi connectivity index (χ0v) is 19.4. The third-order valence-electron chi connectivity index (χ3n) is 5.76. The molecule has 2 amide bonds. The molecule has 0 unspecified atom stereocenters. The van der Waals surface area contributed by atoms with E-state index in [1.807, 2.05) is 30.3 Å². The number of anilines is 1. The molecule has 0 saturated carbocycles. The van der Waals surface area contributed by atoms with Crippen molar-refractivity contribution in [2.24, 2.45) is 0 Å². The number of carbonyl (C=O) groups is 2. The maximum absolute atomic E-state index is 12.6. The van der Waals surface area contributed by atoms with Crippen LogP contribution in [0.5, 0.6) is 11.5 Å². The number of rotatable bonds is 6. The summed E-state index contributed by atoms with van der Waals surface area (Å²) in [5.41, 5.74) is 2.76. The van der Waals surface area contributed by atoms with Crippen molar-refractivity contribution in [3.63, 3.8) is 0 Å². The molecule has 174 valence electrons. The molecular weight excluding hydrogens is 442 g/mol. The number of para-hydroxylation sites is 1. The van der Waals surface area contributed by atoms with Gasteiger partial charge >= 0.3 is 0 Å². The van der Waals surface area contributed by atoms with Gasteiger partial charge in [-0.05, 0) is 41.8 Å². The molecule has 0 bridgehead atoms. The zero-order chi connectivity index (χ0) is 23.2. The van der Waals surface area contributed by atoms with Gasteiger partial charge in [-0.15, -0.1) is 0 Å². The first-order valence-corrected chi connectivity index (χ1v) is 11.6. The lowest BCUT2D eigenvalue weighted by Crippen LogP contribution is -2.50. The Kier molecular flexibility index (Phi) is 7.52. The number of piperazine rings is 1. The molecule has 4 rings (SSSR count). The lowest BCUT2D eigenvalue weighted by Gasteiger charge is -2.33. The number of ether oxygens (including phenoxy) is 2. The summed E-state index contributed by atoms with van der Waals surface area (Å²) in [6.45, 7) is 5.77. The van der Waals surface area contributed by atoms with Crippen molar-refractivity contribution in [1.29, 1.82) is 0 Å². The van der Waals surface area contributed by atoms with Crippen LogP contribution in [-0.2, 0) is 16.0 Å². The average molecular weight is 470 g/mol. The van der Waals surface area contributed by atoms with Crippen molar-refractivity contribution in [2.75, 3.05) is 51.3 Å². The van der Waals surface area contributed by atoms with Crippen LogP contribution >= 0.6 is 11.6 Å². The van der Waals surface area contributed by atoms with E-state index >= 15 is 0 Å². The van der Waals surface area contributed by atoms with Gasteiger partial charge in [0.15, 0.2) is 11.5 Å². The highest BCUT2D eigenvalue weighted by Crippen LogP contribution is 2.38. The predicted octanol–water partition coefficient (Wildman–Crippen LogP) is 3.47. The molecule has 2 heterocycles. The second kappa shape index (κ2) is 10.7. The fourth-order valence-electron chi connectivity index (χ4n) is 3.97. The first-order chi connectivity index (χ1) is 16.0. The van der Waals surface area contributed by atoms with Gasteiger partial charge in [-0.1, -0.05) is 36.7 Å². The molecule has 2 aromatic carbocycles.